The normalized spacial score (nSPS) is 12.0. The quantitative estimate of drug-likeness (QED) is 0.595. The van der Waals surface area contributed by atoms with E-state index in [-0.39, 0.29) is 11.8 Å². The molecule has 1 unspecified atom stereocenters. The lowest BCUT2D eigenvalue weighted by molar-refractivity contribution is -0.116. The van der Waals surface area contributed by atoms with Crippen molar-refractivity contribution in [2.45, 2.75) is 39.2 Å². The molecule has 3 aromatic rings. The van der Waals surface area contributed by atoms with E-state index in [1.165, 1.54) is 11.1 Å². The maximum Gasteiger partial charge on any atom is 0.224 e. The second-order valence-corrected chi connectivity index (χ2v) is 6.66. The van der Waals surface area contributed by atoms with Crippen molar-refractivity contribution in [2.75, 3.05) is 5.32 Å². The van der Waals surface area contributed by atoms with Gasteiger partial charge in [-0.2, -0.15) is 5.10 Å². The summed E-state index contributed by atoms with van der Waals surface area (Å²) in [5, 5.41) is 9.90. The fourth-order valence-electron chi connectivity index (χ4n) is 2.99. The van der Waals surface area contributed by atoms with E-state index in [0.29, 0.717) is 24.6 Å². The zero-order valence-electron chi connectivity index (χ0n) is 15.7. The van der Waals surface area contributed by atoms with E-state index in [4.69, 9.17) is 5.73 Å². The number of nitrogens with two attached hydrogens (primary N) is 1. The maximum absolute atomic E-state index is 12.5. The van der Waals surface area contributed by atoms with Crippen molar-refractivity contribution in [3.05, 3.63) is 65.5 Å². The zero-order chi connectivity index (χ0) is 19.2. The molecule has 0 bridgehead atoms. The molecule has 140 valence electrons. The first-order valence-corrected chi connectivity index (χ1v) is 9.17. The van der Waals surface area contributed by atoms with Gasteiger partial charge in [-0.25, -0.2) is 4.98 Å². The summed E-state index contributed by atoms with van der Waals surface area (Å²) < 4.78 is 0. The topological polar surface area (TPSA) is 96.7 Å². The number of H-pyrrole nitrogens is 1. The number of nitrogens with zero attached hydrogens (tertiary/aromatic N) is 2. The van der Waals surface area contributed by atoms with E-state index in [1.54, 1.807) is 0 Å². The van der Waals surface area contributed by atoms with Gasteiger partial charge >= 0.3 is 0 Å². The number of anilines is 1. The van der Waals surface area contributed by atoms with Gasteiger partial charge in [0, 0.05) is 17.7 Å². The van der Waals surface area contributed by atoms with E-state index >= 15 is 0 Å². The molecule has 0 radical (unpaired) electrons. The molecule has 6 nitrogen and oxygen atoms in total. The van der Waals surface area contributed by atoms with Gasteiger partial charge in [0.25, 0.3) is 0 Å². The Morgan fingerprint density at radius 1 is 1.15 bits per heavy atom. The van der Waals surface area contributed by atoms with Crippen LogP contribution in [0.4, 0.5) is 5.69 Å². The molecule has 1 atom stereocenters. The lowest BCUT2D eigenvalue weighted by Crippen LogP contribution is -2.15. The highest BCUT2D eigenvalue weighted by atomic mass is 16.1. The minimum Gasteiger partial charge on any atom is -0.326 e. The van der Waals surface area contributed by atoms with Gasteiger partial charge in [-0.05, 0) is 49.1 Å². The summed E-state index contributed by atoms with van der Waals surface area (Å²) in [6, 6.07) is 15.9. The number of aromatic amines is 1. The SMILES string of the molecule is CCC(CC(=O)Nc1ccc(-c2n[nH]c(CN)n2)cc1)c1ccc(C)cc1. The van der Waals surface area contributed by atoms with Gasteiger partial charge in [-0.1, -0.05) is 36.8 Å². The first kappa shape index (κ1) is 18.8. The Hall–Kier alpha value is -2.99. The lowest BCUT2D eigenvalue weighted by Gasteiger charge is -2.15. The summed E-state index contributed by atoms with van der Waals surface area (Å²) >= 11 is 0. The molecule has 0 saturated carbocycles. The Morgan fingerprint density at radius 3 is 2.44 bits per heavy atom. The number of rotatable bonds is 7. The minimum absolute atomic E-state index is 0.0125. The Morgan fingerprint density at radius 2 is 1.85 bits per heavy atom. The number of aromatic nitrogens is 3. The van der Waals surface area contributed by atoms with Gasteiger partial charge in [0.05, 0.1) is 6.54 Å². The third-order valence-corrected chi connectivity index (χ3v) is 4.63. The number of aryl methyl sites for hydroxylation is 1. The third kappa shape index (κ3) is 4.80. The van der Waals surface area contributed by atoms with Crippen LogP contribution in [-0.4, -0.2) is 21.1 Å². The van der Waals surface area contributed by atoms with E-state index in [2.05, 4.69) is 58.6 Å². The molecular weight excluding hydrogens is 338 g/mol. The van der Waals surface area contributed by atoms with Gasteiger partial charge in [0.15, 0.2) is 5.82 Å². The number of carbonyl (C=O) groups excluding carboxylic acids is 1. The molecule has 0 aliphatic rings. The number of hydrogen-bond acceptors (Lipinski definition) is 4. The van der Waals surface area contributed by atoms with Crippen molar-refractivity contribution in [3.63, 3.8) is 0 Å². The number of carbonyl (C=O) groups is 1. The van der Waals surface area contributed by atoms with Gasteiger partial charge in [0.2, 0.25) is 5.91 Å². The van der Waals surface area contributed by atoms with Gasteiger partial charge in [-0.15, -0.1) is 0 Å². The van der Waals surface area contributed by atoms with Crippen molar-refractivity contribution in [1.82, 2.24) is 15.2 Å². The molecular formula is C21H25N5O. The summed E-state index contributed by atoms with van der Waals surface area (Å²) in [5.74, 6) is 1.47. The second-order valence-electron chi connectivity index (χ2n) is 6.66. The molecule has 4 N–H and O–H groups in total. The molecule has 0 spiro atoms. The van der Waals surface area contributed by atoms with Crippen LogP contribution in [0.1, 0.15) is 42.6 Å². The number of nitrogens with one attached hydrogen (secondary N) is 2. The molecule has 0 saturated heterocycles. The van der Waals surface area contributed by atoms with E-state index in [9.17, 15) is 4.79 Å². The summed E-state index contributed by atoms with van der Waals surface area (Å²) in [5.41, 5.74) is 9.60. The monoisotopic (exact) mass is 363 g/mol. The zero-order valence-corrected chi connectivity index (χ0v) is 15.7. The van der Waals surface area contributed by atoms with Crippen molar-refractivity contribution in [1.29, 1.82) is 0 Å². The Kier molecular flexibility index (Phi) is 5.98. The highest BCUT2D eigenvalue weighted by molar-refractivity contribution is 5.91. The molecule has 0 fully saturated rings. The molecule has 6 heteroatoms. The Bertz CT molecular complexity index is 884. The van der Waals surface area contributed by atoms with Crippen LogP contribution in [0.3, 0.4) is 0 Å². The highest BCUT2D eigenvalue weighted by Crippen LogP contribution is 2.25. The molecule has 27 heavy (non-hydrogen) atoms. The molecule has 0 aliphatic heterocycles. The van der Waals surface area contributed by atoms with Crippen LogP contribution >= 0.6 is 0 Å². The molecule has 1 aromatic heterocycles. The van der Waals surface area contributed by atoms with E-state index in [0.717, 1.165) is 17.7 Å². The Balaban J connectivity index is 1.62. The van der Waals surface area contributed by atoms with Crippen LogP contribution in [0.2, 0.25) is 0 Å². The second kappa shape index (κ2) is 8.60. The van der Waals surface area contributed by atoms with Crippen LogP contribution in [0.25, 0.3) is 11.4 Å². The fraction of sp³-hybridized carbons (Fsp3) is 0.286. The average Bonchev–Trinajstić information content (AvgIpc) is 3.17. The predicted octanol–water partition coefficient (Wildman–Crippen LogP) is 3.76. The van der Waals surface area contributed by atoms with Gasteiger partial charge in [0.1, 0.15) is 5.82 Å². The van der Waals surface area contributed by atoms with Gasteiger partial charge in [-0.3, -0.25) is 9.89 Å². The third-order valence-electron chi connectivity index (χ3n) is 4.63. The van der Waals surface area contributed by atoms with Crippen LogP contribution in [-0.2, 0) is 11.3 Å². The van der Waals surface area contributed by atoms with Crippen LogP contribution in [0.15, 0.2) is 48.5 Å². The fourth-order valence-corrected chi connectivity index (χ4v) is 2.99. The summed E-state index contributed by atoms with van der Waals surface area (Å²) in [4.78, 5) is 16.8. The number of benzene rings is 2. The molecule has 1 amide bonds. The van der Waals surface area contributed by atoms with Crippen molar-refractivity contribution in [2.24, 2.45) is 5.73 Å². The standard InChI is InChI=1S/C21H25N5O/c1-3-15(16-6-4-14(2)5-7-16)12-20(27)23-18-10-8-17(9-11-18)21-24-19(13-22)25-26-21/h4-11,15H,3,12-13,22H2,1-2H3,(H,23,27)(H,24,25,26). The molecule has 2 aromatic carbocycles. The number of hydrogen-bond donors (Lipinski definition) is 3. The molecule has 1 heterocycles. The van der Waals surface area contributed by atoms with Crippen molar-refractivity contribution in [3.8, 4) is 11.4 Å². The average molecular weight is 363 g/mol. The number of amides is 1. The largest absolute Gasteiger partial charge is 0.326 e. The van der Waals surface area contributed by atoms with Crippen LogP contribution in [0.5, 0.6) is 0 Å². The minimum atomic E-state index is 0.0125. The summed E-state index contributed by atoms with van der Waals surface area (Å²) in [6.45, 7) is 4.50. The van der Waals surface area contributed by atoms with Gasteiger partial charge < -0.3 is 11.1 Å². The Labute approximate surface area is 159 Å². The van der Waals surface area contributed by atoms with E-state index in [1.807, 2.05) is 24.3 Å². The summed E-state index contributed by atoms with van der Waals surface area (Å²) in [7, 11) is 0. The smallest absolute Gasteiger partial charge is 0.224 e. The highest BCUT2D eigenvalue weighted by Gasteiger charge is 2.14. The predicted molar refractivity (Wildman–Crippen MR) is 107 cm³/mol. The van der Waals surface area contributed by atoms with Crippen molar-refractivity contribution >= 4 is 11.6 Å². The molecule has 0 aliphatic carbocycles. The first-order chi connectivity index (χ1) is 13.1. The summed E-state index contributed by atoms with van der Waals surface area (Å²) in [6.07, 6.45) is 1.38. The first-order valence-electron chi connectivity index (χ1n) is 9.17. The maximum atomic E-state index is 12.5. The lowest BCUT2D eigenvalue weighted by atomic mass is 9.92. The molecule has 3 rings (SSSR count). The van der Waals surface area contributed by atoms with E-state index < -0.39 is 0 Å². The van der Waals surface area contributed by atoms with Crippen molar-refractivity contribution < 1.29 is 4.79 Å². The van der Waals surface area contributed by atoms with Crippen LogP contribution < -0.4 is 11.1 Å². The van der Waals surface area contributed by atoms with Crippen LogP contribution in [0, 0.1) is 6.92 Å².